The highest BCUT2D eigenvalue weighted by Gasteiger charge is 2.35. The number of fused-ring (bicyclic) bond motifs is 7. The molecule has 0 N–H and O–H groups in total. The fraction of sp³-hybridized carbons (Fsp3) is 0.400. The van der Waals surface area contributed by atoms with Crippen LogP contribution in [0.2, 0.25) is 0 Å². The Bertz CT molecular complexity index is 3040. The molecule has 64 heavy (non-hydrogen) atoms. The second kappa shape index (κ2) is 20.7. The fourth-order valence-electron chi connectivity index (χ4n) is 9.68. The summed E-state index contributed by atoms with van der Waals surface area (Å²) >= 11 is 35.0. The highest BCUT2D eigenvalue weighted by molar-refractivity contribution is 9.12. The van der Waals surface area contributed by atoms with E-state index in [1.165, 1.54) is 182 Å². The highest BCUT2D eigenvalue weighted by Crippen LogP contribution is 2.65. The zero-order valence-corrected chi connectivity index (χ0v) is 50.0. The molecule has 14 heteroatoms. The van der Waals surface area contributed by atoms with Crippen molar-refractivity contribution in [3.8, 4) is 31.0 Å². The summed E-state index contributed by atoms with van der Waals surface area (Å²) in [5.41, 5.74) is 0. The minimum Gasteiger partial charge on any atom is -0.489 e. The molecule has 0 aliphatic rings. The minimum atomic E-state index is 0.669. The third-order valence-corrected chi connectivity index (χ3v) is 23.8. The molecule has 0 amide bonds. The third-order valence-electron chi connectivity index (χ3n) is 12.5. The fourth-order valence-corrected chi connectivity index (χ4v) is 21.6. The first kappa shape index (κ1) is 47.6. The van der Waals surface area contributed by atoms with Crippen LogP contribution in [0.15, 0.2) is 48.4 Å². The van der Waals surface area contributed by atoms with E-state index >= 15 is 0 Å². The van der Waals surface area contributed by atoms with Gasteiger partial charge in [-0.1, -0.05) is 104 Å². The van der Waals surface area contributed by atoms with Crippen LogP contribution in [0, 0.1) is 0 Å². The summed E-state index contributed by atoms with van der Waals surface area (Å²) in [4.78, 5) is 5.15. The predicted molar refractivity (Wildman–Crippen MR) is 312 cm³/mol. The summed E-state index contributed by atoms with van der Waals surface area (Å²) in [6.07, 6.45) is 20.2. The molecular formula is C50H46Br6O2S6. The van der Waals surface area contributed by atoms with Gasteiger partial charge in [0.25, 0.3) is 0 Å². The second-order valence-electron chi connectivity index (χ2n) is 16.9. The molecule has 0 spiro atoms. The van der Waals surface area contributed by atoms with Crippen molar-refractivity contribution in [3.63, 3.8) is 0 Å². The maximum atomic E-state index is 7.34. The Morgan fingerprint density at radius 1 is 0.344 bits per heavy atom. The third kappa shape index (κ3) is 8.76. The first-order chi connectivity index (χ1) is 31.2. The Labute approximate surface area is 449 Å². The van der Waals surface area contributed by atoms with Crippen molar-refractivity contribution < 1.29 is 9.47 Å². The van der Waals surface area contributed by atoms with E-state index < -0.39 is 0 Å². The molecule has 6 aromatic heterocycles. The van der Waals surface area contributed by atoms with Gasteiger partial charge in [0.1, 0.15) is 0 Å². The molecule has 6 heterocycles. The van der Waals surface area contributed by atoms with Crippen LogP contribution in [-0.2, 0) is 0 Å². The Kier molecular flexibility index (Phi) is 15.4. The van der Waals surface area contributed by atoms with E-state index in [0.29, 0.717) is 13.2 Å². The molecule has 0 bridgehead atoms. The van der Waals surface area contributed by atoms with Gasteiger partial charge in [0.2, 0.25) is 0 Å². The summed E-state index contributed by atoms with van der Waals surface area (Å²) in [6.45, 7) is 5.93. The first-order valence-electron chi connectivity index (χ1n) is 22.5. The van der Waals surface area contributed by atoms with Crippen molar-refractivity contribution in [2.45, 2.75) is 117 Å². The van der Waals surface area contributed by atoms with E-state index in [0.717, 1.165) is 48.4 Å². The SMILES string of the molecule is CCCCCCCCCCOc1c(OCCCCCCCCCC)c2c3sc(Br)cc3c3c(-c4sc(Br)cc4Br)sc4c5sc(-c6sc(Br)cc6Br)c6c7cc(Br)sc7c1c(c56)c2c43. The largest absolute Gasteiger partial charge is 0.489 e. The number of rotatable bonds is 22. The number of halogens is 6. The lowest BCUT2D eigenvalue weighted by Crippen LogP contribution is -2.05. The predicted octanol–water partition coefficient (Wildman–Crippen LogP) is 24.0. The van der Waals surface area contributed by atoms with Gasteiger partial charge in [0.15, 0.2) is 11.5 Å². The number of hydrogen-bond acceptors (Lipinski definition) is 8. The lowest BCUT2D eigenvalue weighted by Gasteiger charge is -2.22. The van der Waals surface area contributed by atoms with Gasteiger partial charge in [-0.2, -0.15) is 0 Å². The monoisotopic (exact) mass is 1340 g/mol. The van der Waals surface area contributed by atoms with Gasteiger partial charge in [0, 0.05) is 72.2 Å². The van der Waals surface area contributed by atoms with E-state index in [-0.39, 0.29) is 0 Å². The van der Waals surface area contributed by atoms with Crippen molar-refractivity contribution >= 4 is 236 Å². The highest BCUT2D eigenvalue weighted by atomic mass is 79.9. The molecule has 0 saturated heterocycles. The number of thiophene rings is 6. The van der Waals surface area contributed by atoms with Crippen molar-refractivity contribution in [2.24, 2.45) is 0 Å². The minimum absolute atomic E-state index is 0.669. The van der Waals surface area contributed by atoms with E-state index in [1.54, 1.807) is 0 Å². The number of unbranched alkanes of at least 4 members (excludes halogenated alkanes) is 14. The molecule has 10 aromatic rings. The van der Waals surface area contributed by atoms with Crippen LogP contribution in [0.3, 0.4) is 0 Å². The molecule has 336 valence electrons. The van der Waals surface area contributed by atoms with Crippen LogP contribution < -0.4 is 9.47 Å². The van der Waals surface area contributed by atoms with Crippen LogP contribution in [0.1, 0.15) is 117 Å². The Morgan fingerprint density at radius 2 is 0.703 bits per heavy atom. The first-order valence-corrected chi connectivity index (χ1v) is 32.2. The van der Waals surface area contributed by atoms with Crippen LogP contribution in [0.4, 0.5) is 0 Å². The van der Waals surface area contributed by atoms with Crippen molar-refractivity contribution in [1.82, 2.24) is 0 Å². The summed E-state index contributed by atoms with van der Waals surface area (Å²) in [6, 6.07) is 9.13. The zero-order chi connectivity index (χ0) is 44.2. The quantitative estimate of drug-likeness (QED) is 0.0497. The lowest BCUT2D eigenvalue weighted by molar-refractivity contribution is 0.264. The van der Waals surface area contributed by atoms with Crippen LogP contribution in [0.25, 0.3) is 92.2 Å². The molecule has 0 radical (unpaired) electrons. The number of benzene rings is 4. The lowest BCUT2D eigenvalue weighted by atomic mass is 9.87. The van der Waals surface area contributed by atoms with Crippen molar-refractivity contribution in [3.05, 3.63) is 48.4 Å². The van der Waals surface area contributed by atoms with E-state index in [4.69, 9.17) is 9.47 Å². The van der Waals surface area contributed by atoms with Crippen molar-refractivity contribution in [1.29, 1.82) is 0 Å². The average Bonchev–Trinajstić information content (AvgIpc) is 4.12. The van der Waals surface area contributed by atoms with E-state index in [1.807, 2.05) is 68.0 Å². The Balaban J connectivity index is 1.25. The molecule has 0 atom stereocenters. The average molecular weight is 1350 g/mol. The smallest absolute Gasteiger partial charge is 0.171 e. The molecule has 0 fully saturated rings. The molecule has 0 saturated carbocycles. The topological polar surface area (TPSA) is 18.5 Å². The zero-order valence-electron chi connectivity index (χ0n) is 35.6. The molecule has 2 nitrogen and oxygen atoms in total. The Morgan fingerprint density at radius 3 is 1.06 bits per heavy atom. The second-order valence-corrected chi connectivity index (χ2v) is 30.3. The van der Waals surface area contributed by atoms with Gasteiger partial charge < -0.3 is 9.47 Å². The van der Waals surface area contributed by atoms with Gasteiger partial charge >= 0.3 is 0 Å². The molecule has 10 rings (SSSR count). The maximum absolute atomic E-state index is 7.34. The van der Waals surface area contributed by atoms with Crippen molar-refractivity contribution in [2.75, 3.05) is 13.2 Å². The standard InChI is InChI=1S/C50H46Br6O2S6/c1-3-5-7-9-11-13-15-17-19-57-41-39-35-36-38-34(26-22-30(54)60-44(26)40(36)42(41)58-20-18-16-14-12-10-8-6-4-2)48(46-28(52)24-32(56)62-46)64-50(38)49-37(35)33(25-21-29(53)59-43(25)39)47(63-49)45-27(51)23-31(55)61-45/h21-24H,3-20H2,1-2H3. The molecule has 0 aliphatic heterocycles. The summed E-state index contributed by atoms with van der Waals surface area (Å²) in [5.74, 6) is 1.86. The van der Waals surface area contributed by atoms with E-state index in [2.05, 4.69) is 134 Å². The molecule has 0 aliphatic carbocycles. The van der Waals surface area contributed by atoms with Crippen LogP contribution in [-0.4, -0.2) is 13.2 Å². The maximum Gasteiger partial charge on any atom is 0.171 e. The molecular weight excluding hydrogens is 1300 g/mol. The summed E-state index contributed by atoms with van der Waals surface area (Å²) < 4.78 is 26.7. The molecule has 4 aromatic carbocycles. The van der Waals surface area contributed by atoms with Crippen LogP contribution >= 0.6 is 164 Å². The Hall–Kier alpha value is -0.100. The summed E-state index contributed by atoms with van der Waals surface area (Å²) in [7, 11) is 0. The number of ether oxygens (including phenoxy) is 2. The van der Waals surface area contributed by atoms with Gasteiger partial charge in [0.05, 0.1) is 57.3 Å². The molecule has 0 unspecified atom stereocenters. The van der Waals surface area contributed by atoms with Gasteiger partial charge in [-0.25, -0.2) is 0 Å². The van der Waals surface area contributed by atoms with Gasteiger partial charge in [-0.15, -0.1) is 68.0 Å². The normalized spacial score (nSPS) is 12.6. The van der Waals surface area contributed by atoms with Crippen LogP contribution in [0.5, 0.6) is 11.5 Å². The van der Waals surface area contributed by atoms with Gasteiger partial charge in [-0.05, 0) is 133 Å². The summed E-state index contributed by atoms with van der Waals surface area (Å²) in [5, 5.41) is 13.0. The van der Waals surface area contributed by atoms with E-state index in [9.17, 15) is 0 Å². The van der Waals surface area contributed by atoms with Gasteiger partial charge in [-0.3, -0.25) is 0 Å². The number of hydrogen-bond donors (Lipinski definition) is 0.